The molecule has 1 fully saturated rings. The number of piperidine rings is 1. The summed E-state index contributed by atoms with van der Waals surface area (Å²) in [6.07, 6.45) is 2.03. The van der Waals surface area contributed by atoms with Crippen molar-refractivity contribution in [3.8, 4) is 5.75 Å². The number of carbonyl (C=O) groups is 2. The second kappa shape index (κ2) is 11.8. The fourth-order valence-electron chi connectivity index (χ4n) is 3.01. The lowest BCUT2D eigenvalue weighted by Crippen LogP contribution is -2.46. The van der Waals surface area contributed by atoms with Gasteiger partial charge in [0.2, 0.25) is 11.8 Å². The van der Waals surface area contributed by atoms with Crippen molar-refractivity contribution in [1.29, 1.82) is 0 Å². The lowest BCUT2D eigenvalue weighted by molar-refractivity contribution is -0.135. The zero-order valence-electron chi connectivity index (χ0n) is 16.3. The molecule has 1 aromatic rings. The van der Waals surface area contributed by atoms with Gasteiger partial charge in [-0.2, -0.15) is 0 Å². The van der Waals surface area contributed by atoms with E-state index < -0.39 is 0 Å². The van der Waals surface area contributed by atoms with Crippen molar-refractivity contribution >= 4 is 24.2 Å². The molecule has 3 N–H and O–H groups in total. The minimum atomic E-state index is -0.133. The summed E-state index contributed by atoms with van der Waals surface area (Å²) < 4.78 is 5.67. The molecule has 0 bridgehead atoms. The molecule has 2 rings (SSSR count). The minimum Gasteiger partial charge on any atom is -0.493 e. The number of halogens is 1. The Morgan fingerprint density at radius 2 is 2.00 bits per heavy atom. The van der Waals surface area contributed by atoms with Crippen LogP contribution in [0.15, 0.2) is 24.3 Å². The molecule has 0 aliphatic carbocycles. The van der Waals surface area contributed by atoms with Gasteiger partial charge < -0.3 is 20.7 Å². The van der Waals surface area contributed by atoms with Crippen molar-refractivity contribution in [2.45, 2.75) is 33.1 Å². The molecule has 7 heteroatoms. The average molecular weight is 398 g/mol. The van der Waals surface area contributed by atoms with Crippen LogP contribution >= 0.6 is 12.4 Å². The van der Waals surface area contributed by atoms with E-state index in [0.29, 0.717) is 38.6 Å². The average Bonchev–Trinajstić information content (AvgIpc) is 2.65. The number of rotatable bonds is 8. The van der Waals surface area contributed by atoms with Crippen molar-refractivity contribution in [3.63, 3.8) is 0 Å². The van der Waals surface area contributed by atoms with Gasteiger partial charge >= 0.3 is 0 Å². The van der Waals surface area contributed by atoms with Crippen molar-refractivity contribution < 1.29 is 14.3 Å². The Hall–Kier alpha value is -1.79. The van der Waals surface area contributed by atoms with E-state index >= 15 is 0 Å². The standard InChI is InChI=1S/C20H31N3O3.ClH/c1-15(2)14-26-18-7-5-16(6-8-18)12-19(24)23-11-3-4-17(13-23)20(25)22-10-9-21;/h5-8,15,17H,3-4,9-14,21H2,1-2H3,(H,22,25);1H. The van der Waals surface area contributed by atoms with E-state index in [4.69, 9.17) is 10.5 Å². The number of hydrogen-bond acceptors (Lipinski definition) is 4. The number of benzene rings is 1. The van der Waals surface area contributed by atoms with E-state index in [9.17, 15) is 9.59 Å². The number of likely N-dealkylation sites (tertiary alicyclic amines) is 1. The molecular formula is C20H32ClN3O3. The summed E-state index contributed by atoms with van der Waals surface area (Å²) in [4.78, 5) is 26.5. The zero-order chi connectivity index (χ0) is 18.9. The smallest absolute Gasteiger partial charge is 0.227 e. The molecule has 0 saturated carbocycles. The molecule has 0 radical (unpaired) electrons. The highest BCUT2D eigenvalue weighted by molar-refractivity contribution is 5.85. The van der Waals surface area contributed by atoms with Crippen LogP contribution in [0.25, 0.3) is 0 Å². The lowest BCUT2D eigenvalue weighted by atomic mass is 9.96. The Labute approximate surface area is 168 Å². The highest BCUT2D eigenvalue weighted by Gasteiger charge is 2.28. The van der Waals surface area contributed by atoms with Crippen molar-refractivity contribution in [2.75, 3.05) is 32.8 Å². The van der Waals surface area contributed by atoms with Gasteiger partial charge in [0, 0.05) is 26.2 Å². The molecule has 0 aromatic heterocycles. The van der Waals surface area contributed by atoms with Gasteiger partial charge in [-0.1, -0.05) is 26.0 Å². The molecule has 1 atom stereocenters. The maximum absolute atomic E-state index is 12.6. The largest absolute Gasteiger partial charge is 0.493 e. The predicted molar refractivity (Wildman–Crippen MR) is 109 cm³/mol. The Bertz CT molecular complexity index is 593. The van der Waals surface area contributed by atoms with Crippen LogP contribution in [0.2, 0.25) is 0 Å². The van der Waals surface area contributed by atoms with E-state index in [1.165, 1.54) is 0 Å². The molecule has 1 unspecified atom stereocenters. The quantitative estimate of drug-likeness (QED) is 0.702. The normalized spacial score (nSPS) is 16.6. The summed E-state index contributed by atoms with van der Waals surface area (Å²) in [6, 6.07) is 7.68. The second-order valence-electron chi connectivity index (χ2n) is 7.28. The van der Waals surface area contributed by atoms with Crippen LogP contribution in [0.4, 0.5) is 0 Å². The maximum atomic E-state index is 12.6. The third-order valence-corrected chi connectivity index (χ3v) is 4.45. The summed E-state index contributed by atoms with van der Waals surface area (Å²) in [6.45, 7) is 7.01. The van der Waals surface area contributed by atoms with Crippen molar-refractivity contribution in [3.05, 3.63) is 29.8 Å². The van der Waals surface area contributed by atoms with Gasteiger partial charge in [0.25, 0.3) is 0 Å². The molecule has 1 aliphatic rings. The molecule has 0 spiro atoms. The van der Waals surface area contributed by atoms with Gasteiger partial charge in [-0.25, -0.2) is 0 Å². The lowest BCUT2D eigenvalue weighted by Gasteiger charge is -2.32. The molecular weight excluding hydrogens is 366 g/mol. The first kappa shape index (κ1) is 23.2. The molecule has 27 heavy (non-hydrogen) atoms. The molecule has 1 heterocycles. The number of amides is 2. The van der Waals surface area contributed by atoms with Gasteiger partial charge in [-0.15, -0.1) is 12.4 Å². The SMILES string of the molecule is CC(C)COc1ccc(CC(=O)N2CCCC(C(=O)NCCN)C2)cc1.Cl. The summed E-state index contributed by atoms with van der Waals surface area (Å²) in [5.74, 6) is 1.23. The highest BCUT2D eigenvalue weighted by Crippen LogP contribution is 2.19. The van der Waals surface area contributed by atoms with Crippen LogP contribution in [-0.4, -0.2) is 49.5 Å². The van der Waals surface area contributed by atoms with E-state index in [-0.39, 0.29) is 30.1 Å². The summed E-state index contributed by atoms with van der Waals surface area (Å²) in [5, 5.41) is 2.82. The van der Waals surface area contributed by atoms with Gasteiger partial charge in [-0.05, 0) is 36.5 Å². The number of nitrogens with zero attached hydrogens (tertiary/aromatic N) is 1. The van der Waals surface area contributed by atoms with Crippen molar-refractivity contribution in [2.24, 2.45) is 17.6 Å². The first-order valence-electron chi connectivity index (χ1n) is 9.47. The third-order valence-electron chi connectivity index (χ3n) is 4.45. The highest BCUT2D eigenvalue weighted by atomic mass is 35.5. The first-order valence-corrected chi connectivity index (χ1v) is 9.47. The molecule has 1 aromatic carbocycles. The Balaban J connectivity index is 0.00000364. The van der Waals surface area contributed by atoms with E-state index in [0.717, 1.165) is 30.7 Å². The van der Waals surface area contributed by atoms with E-state index in [1.54, 1.807) is 4.90 Å². The number of carbonyl (C=O) groups excluding carboxylic acids is 2. The first-order chi connectivity index (χ1) is 12.5. The van der Waals surface area contributed by atoms with Crippen LogP contribution < -0.4 is 15.8 Å². The fraction of sp³-hybridized carbons (Fsp3) is 0.600. The number of nitrogens with one attached hydrogen (secondary N) is 1. The van der Waals surface area contributed by atoms with Crippen LogP contribution in [-0.2, 0) is 16.0 Å². The second-order valence-corrected chi connectivity index (χ2v) is 7.28. The minimum absolute atomic E-state index is 0. The fourth-order valence-corrected chi connectivity index (χ4v) is 3.01. The number of nitrogens with two attached hydrogens (primary N) is 1. The van der Waals surface area contributed by atoms with Crippen LogP contribution in [0.1, 0.15) is 32.3 Å². The third kappa shape index (κ3) is 7.77. The topological polar surface area (TPSA) is 84.7 Å². The van der Waals surface area contributed by atoms with Crippen LogP contribution in [0, 0.1) is 11.8 Å². The Morgan fingerprint density at radius 1 is 1.30 bits per heavy atom. The molecule has 6 nitrogen and oxygen atoms in total. The van der Waals surface area contributed by atoms with Gasteiger partial charge in [0.05, 0.1) is 18.9 Å². The molecule has 1 aliphatic heterocycles. The summed E-state index contributed by atoms with van der Waals surface area (Å²) in [7, 11) is 0. The summed E-state index contributed by atoms with van der Waals surface area (Å²) in [5.41, 5.74) is 6.38. The Morgan fingerprint density at radius 3 is 2.63 bits per heavy atom. The summed E-state index contributed by atoms with van der Waals surface area (Å²) >= 11 is 0. The van der Waals surface area contributed by atoms with E-state index in [2.05, 4.69) is 19.2 Å². The zero-order valence-corrected chi connectivity index (χ0v) is 17.1. The van der Waals surface area contributed by atoms with Gasteiger partial charge in [0.1, 0.15) is 5.75 Å². The van der Waals surface area contributed by atoms with Gasteiger partial charge in [-0.3, -0.25) is 9.59 Å². The Kier molecular flexibility index (Phi) is 10.2. The van der Waals surface area contributed by atoms with Crippen LogP contribution in [0.5, 0.6) is 5.75 Å². The monoisotopic (exact) mass is 397 g/mol. The van der Waals surface area contributed by atoms with Crippen LogP contribution in [0.3, 0.4) is 0 Å². The number of hydrogen-bond donors (Lipinski definition) is 2. The molecule has 152 valence electrons. The molecule has 1 saturated heterocycles. The maximum Gasteiger partial charge on any atom is 0.227 e. The molecule has 2 amide bonds. The van der Waals surface area contributed by atoms with Gasteiger partial charge in [0.15, 0.2) is 0 Å². The van der Waals surface area contributed by atoms with Crippen molar-refractivity contribution in [1.82, 2.24) is 10.2 Å². The van der Waals surface area contributed by atoms with E-state index in [1.807, 2.05) is 24.3 Å². The number of ether oxygens (including phenoxy) is 1. The predicted octanol–water partition coefficient (Wildman–Crippen LogP) is 2.00.